The summed E-state index contributed by atoms with van der Waals surface area (Å²) in [6, 6.07) is 5.71. The first-order valence-corrected chi connectivity index (χ1v) is 8.61. The molecule has 0 spiro atoms. The highest BCUT2D eigenvalue weighted by Gasteiger charge is 2.21. The first-order chi connectivity index (χ1) is 11.6. The maximum Gasteiger partial charge on any atom is 0.253 e. The van der Waals surface area contributed by atoms with Crippen molar-refractivity contribution in [1.82, 2.24) is 25.0 Å². The Morgan fingerprint density at radius 1 is 1.33 bits per heavy atom. The summed E-state index contributed by atoms with van der Waals surface area (Å²) in [5.74, 6) is 1.35. The van der Waals surface area contributed by atoms with E-state index in [1.54, 1.807) is 23.1 Å². The second-order valence-corrected chi connectivity index (χ2v) is 6.80. The SMILES string of the molecule is CC(C)CN1CCC(NC(=O)c2ccc(-n3cccn3)nc2)CC1. The number of rotatable bonds is 5. The van der Waals surface area contributed by atoms with Gasteiger partial charge in [0.15, 0.2) is 5.82 Å². The van der Waals surface area contributed by atoms with Gasteiger partial charge in [-0.15, -0.1) is 0 Å². The Kier molecular flexibility index (Phi) is 5.25. The molecule has 0 saturated carbocycles. The zero-order valence-corrected chi connectivity index (χ0v) is 14.4. The number of pyridine rings is 1. The number of likely N-dealkylation sites (tertiary alicyclic amines) is 1. The highest BCUT2D eigenvalue weighted by atomic mass is 16.1. The monoisotopic (exact) mass is 327 g/mol. The number of hydrogen-bond acceptors (Lipinski definition) is 4. The maximum atomic E-state index is 12.4. The Morgan fingerprint density at radius 3 is 2.71 bits per heavy atom. The Hall–Kier alpha value is -2.21. The molecule has 1 aliphatic heterocycles. The highest BCUT2D eigenvalue weighted by Crippen LogP contribution is 2.13. The van der Waals surface area contributed by atoms with E-state index in [-0.39, 0.29) is 11.9 Å². The van der Waals surface area contributed by atoms with Gasteiger partial charge in [-0.2, -0.15) is 5.10 Å². The molecule has 1 fully saturated rings. The van der Waals surface area contributed by atoms with Crippen molar-refractivity contribution >= 4 is 5.91 Å². The van der Waals surface area contributed by atoms with Crippen molar-refractivity contribution in [2.24, 2.45) is 5.92 Å². The fraction of sp³-hybridized carbons (Fsp3) is 0.500. The van der Waals surface area contributed by atoms with Crippen LogP contribution in [0.3, 0.4) is 0 Å². The van der Waals surface area contributed by atoms with Crippen molar-refractivity contribution < 1.29 is 4.79 Å². The van der Waals surface area contributed by atoms with E-state index in [0.717, 1.165) is 32.5 Å². The van der Waals surface area contributed by atoms with Crippen LogP contribution in [0.1, 0.15) is 37.0 Å². The molecule has 0 radical (unpaired) electrons. The number of carbonyl (C=O) groups excluding carboxylic acids is 1. The molecule has 6 nitrogen and oxygen atoms in total. The number of amides is 1. The van der Waals surface area contributed by atoms with Gasteiger partial charge >= 0.3 is 0 Å². The molecule has 1 aliphatic rings. The minimum atomic E-state index is -0.0446. The second-order valence-electron chi connectivity index (χ2n) is 6.80. The van der Waals surface area contributed by atoms with Gasteiger partial charge in [-0.05, 0) is 37.0 Å². The molecule has 3 heterocycles. The van der Waals surface area contributed by atoms with E-state index in [4.69, 9.17) is 0 Å². The summed E-state index contributed by atoms with van der Waals surface area (Å²) in [4.78, 5) is 19.2. The van der Waals surface area contributed by atoms with Gasteiger partial charge in [0.25, 0.3) is 5.91 Å². The van der Waals surface area contributed by atoms with Crippen molar-refractivity contribution in [1.29, 1.82) is 0 Å². The molecule has 0 aliphatic carbocycles. The van der Waals surface area contributed by atoms with E-state index in [1.165, 1.54) is 0 Å². The van der Waals surface area contributed by atoms with E-state index >= 15 is 0 Å². The lowest BCUT2D eigenvalue weighted by Gasteiger charge is -2.33. The molecule has 2 aromatic rings. The molecule has 0 aromatic carbocycles. The van der Waals surface area contributed by atoms with Gasteiger partial charge in [0.2, 0.25) is 0 Å². The molecule has 0 atom stereocenters. The minimum Gasteiger partial charge on any atom is -0.349 e. The first kappa shape index (κ1) is 16.6. The molecule has 1 amide bonds. The highest BCUT2D eigenvalue weighted by molar-refractivity contribution is 5.94. The van der Waals surface area contributed by atoms with Crippen LogP contribution in [0.4, 0.5) is 0 Å². The van der Waals surface area contributed by atoms with Crippen LogP contribution in [0.15, 0.2) is 36.8 Å². The number of carbonyl (C=O) groups is 1. The van der Waals surface area contributed by atoms with Crippen molar-refractivity contribution in [3.8, 4) is 5.82 Å². The molecule has 3 rings (SSSR count). The molecular weight excluding hydrogens is 302 g/mol. The van der Waals surface area contributed by atoms with Crippen molar-refractivity contribution in [3.63, 3.8) is 0 Å². The zero-order valence-electron chi connectivity index (χ0n) is 14.4. The van der Waals surface area contributed by atoms with E-state index in [9.17, 15) is 4.79 Å². The van der Waals surface area contributed by atoms with Crippen LogP contribution < -0.4 is 5.32 Å². The topological polar surface area (TPSA) is 63.1 Å². The van der Waals surface area contributed by atoms with Crippen molar-refractivity contribution in [2.45, 2.75) is 32.7 Å². The summed E-state index contributed by atoms with van der Waals surface area (Å²) in [7, 11) is 0. The number of hydrogen-bond donors (Lipinski definition) is 1. The van der Waals surface area contributed by atoms with Crippen LogP contribution in [0, 0.1) is 5.92 Å². The third-order valence-electron chi connectivity index (χ3n) is 4.30. The summed E-state index contributed by atoms with van der Waals surface area (Å²) in [6.45, 7) is 7.74. The third kappa shape index (κ3) is 4.20. The molecule has 1 saturated heterocycles. The average Bonchev–Trinajstić information content (AvgIpc) is 3.11. The Labute approximate surface area is 142 Å². The molecule has 0 unspecified atom stereocenters. The van der Waals surface area contributed by atoms with E-state index in [1.807, 2.05) is 18.3 Å². The Bertz CT molecular complexity index is 643. The standard InChI is InChI=1S/C18H25N5O/c1-14(2)13-22-10-6-16(7-11-22)21-18(24)15-4-5-17(19-12-15)23-9-3-8-20-23/h3-5,8-9,12,14,16H,6-7,10-11,13H2,1-2H3,(H,21,24). The number of nitrogens with zero attached hydrogens (tertiary/aromatic N) is 4. The van der Waals surface area contributed by atoms with Crippen molar-refractivity contribution in [3.05, 3.63) is 42.4 Å². The summed E-state index contributed by atoms with van der Waals surface area (Å²) in [5.41, 5.74) is 0.593. The predicted molar refractivity (Wildman–Crippen MR) is 93.1 cm³/mol. The van der Waals surface area contributed by atoms with Gasteiger partial charge in [0.1, 0.15) is 0 Å². The van der Waals surface area contributed by atoms with E-state index in [0.29, 0.717) is 17.3 Å². The van der Waals surface area contributed by atoms with Gasteiger partial charge in [0.05, 0.1) is 5.56 Å². The maximum absolute atomic E-state index is 12.4. The lowest BCUT2D eigenvalue weighted by Crippen LogP contribution is -2.45. The fourth-order valence-electron chi connectivity index (χ4n) is 3.11. The predicted octanol–water partition coefficient (Wildman–Crippen LogP) is 2.12. The van der Waals surface area contributed by atoms with Gasteiger partial charge in [-0.3, -0.25) is 4.79 Å². The quantitative estimate of drug-likeness (QED) is 0.914. The number of nitrogens with one attached hydrogen (secondary N) is 1. The second kappa shape index (κ2) is 7.57. The molecule has 0 bridgehead atoms. The van der Waals surface area contributed by atoms with Crippen molar-refractivity contribution in [2.75, 3.05) is 19.6 Å². The van der Waals surface area contributed by atoms with E-state index < -0.39 is 0 Å². The largest absolute Gasteiger partial charge is 0.349 e. The summed E-state index contributed by atoms with van der Waals surface area (Å²) < 4.78 is 1.67. The number of piperidine rings is 1. The fourth-order valence-corrected chi connectivity index (χ4v) is 3.11. The minimum absolute atomic E-state index is 0.0446. The molecule has 24 heavy (non-hydrogen) atoms. The zero-order chi connectivity index (χ0) is 16.9. The molecule has 2 aromatic heterocycles. The molecular formula is C18H25N5O. The summed E-state index contributed by atoms with van der Waals surface area (Å²) in [6.07, 6.45) is 7.16. The lowest BCUT2D eigenvalue weighted by atomic mass is 10.0. The average molecular weight is 327 g/mol. The van der Waals surface area contributed by atoms with Crippen LogP contribution in [-0.4, -0.2) is 51.2 Å². The van der Waals surface area contributed by atoms with Gasteiger partial charge in [-0.1, -0.05) is 13.8 Å². The van der Waals surface area contributed by atoms with Crippen LogP contribution in [-0.2, 0) is 0 Å². The smallest absolute Gasteiger partial charge is 0.253 e. The van der Waals surface area contributed by atoms with Crippen LogP contribution in [0.25, 0.3) is 5.82 Å². The Morgan fingerprint density at radius 2 is 2.12 bits per heavy atom. The number of aromatic nitrogens is 3. The first-order valence-electron chi connectivity index (χ1n) is 8.61. The summed E-state index contributed by atoms with van der Waals surface area (Å²) in [5, 5.41) is 7.27. The molecule has 6 heteroatoms. The molecule has 1 N–H and O–H groups in total. The van der Waals surface area contributed by atoms with Gasteiger partial charge in [-0.25, -0.2) is 9.67 Å². The van der Waals surface area contributed by atoms with Crippen LogP contribution >= 0.6 is 0 Å². The Balaban J connectivity index is 1.52. The lowest BCUT2D eigenvalue weighted by molar-refractivity contribution is 0.0907. The van der Waals surface area contributed by atoms with E-state index in [2.05, 4.69) is 34.1 Å². The van der Waals surface area contributed by atoms with Gasteiger partial charge < -0.3 is 10.2 Å². The third-order valence-corrected chi connectivity index (χ3v) is 4.30. The van der Waals surface area contributed by atoms with Gasteiger partial charge in [0, 0.05) is 44.3 Å². The summed E-state index contributed by atoms with van der Waals surface area (Å²) >= 11 is 0. The normalized spacial score (nSPS) is 16.5. The van der Waals surface area contributed by atoms with Crippen LogP contribution in [0.2, 0.25) is 0 Å². The molecule has 128 valence electrons. The van der Waals surface area contributed by atoms with Crippen LogP contribution in [0.5, 0.6) is 0 Å².